The van der Waals surface area contributed by atoms with Gasteiger partial charge in [0.25, 0.3) is 0 Å². The van der Waals surface area contributed by atoms with E-state index in [1.54, 1.807) is 43.2 Å². The van der Waals surface area contributed by atoms with Crippen LogP contribution in [0.25, 0.3) is 0 Å². The zero-order chi connectivity index (χ0) is 28.1. The monoisotopic (exact) mass is 547 g/mol. The molecule has 0 spiro atoms. The third-order valence-electron chi connectivity index (χ3n) is 6.09. The first kappa shape index (κ1) is 31.0. The van der Waals surface area contributed by atoms with Crippen LogP contribution in [-0.4, -0.2) is 64.2 Å². The zero-order valence-electron chi connectivity index (χ0n) is 23.1. The van der Waals surface area contributed by atoms with E-state index in [1.165, 1.54) is 4.31 Å². The molecule has 10 heteroatoms. The van der Waals surface area contributed by atoms with Gasteiger partial charge in [-0.05, 0) is 56.5 Å². The average Bonchev–Trinajstić information content (AvgIpc) is 2.89. The molecule has 0 radical (unpaired) electrons. The van der Waals surface area contributed by atoms with Gasteiger partial charge in [0.05, 0.1) is 25.7 Å². The SMILES string of the molecule is CCCCNC(=O)[C@@H](C)N(Cc1ccc(OC)cc1)C(=O)CCCN(c1ccccc1OCC)S(C)(=O)=O. The number of carbonyl (C=O) groups is 2. The summed E-state index contributed by atoms with van der Waals surface area (Å²) in [7, 11) is -2.04. The smallest absolute Gasteiger partial charge is 0.242 e. The van der Waals surface area contributed by atoms with Gasteiger partial charge in [-0.15, -0.1) is 0 Å². The summed E-state index contributed by atoms with van der Waals surface area (Å²) >= 11 is 0. The minimum atomic E-state index is -3.62. The number of anilines is 1. The molecule has 210 valence electrons. The van der Waals surface area contributed by atoms with E-state index in [4.69, 9.17) is 9.47 Å². The van der Waals surface area contributed by atoms with Crippen LogP contribution in [0, 0.1) is 0 Å². The fourth-order valence-electron chi connectivity index (χ4n) is 3.97. The van der Waals surface area contributed by atoms with Crippen molar-refractivity contribution in [1.29, 1.82) is 0 Å². The van der Waals surface area contributed by atoms with Crippen LogP contribution in [0.5, 0.6) is 11.5 Å². The van der Waals surface area contributed by atoms with E-state index in [0.29, 0.717) is 30.3 Å². The molecule has 2 aromatic rings. The van der Waals surface area contributed by atoms with Crippen molar-refractivity contribution in [3.05, 3.63) is 54.1 Å². The van der Waals surface area contributed by atoms with Gasteiger partial charge in [0, 0.05) is 26.1 Å². The third kappa shape index (κ3) is 9.24. The van der Waals surface area contributed by atoms with Gasteiger partial charge in [-0.1, -0.05) is 37.6 Å². The summed E-state index contributed by atoms with van der Waals surface area (Å²) in [6.07, 6.45) is 3.29. The summed E-state index contributed by atoms with van der Waals surface area (Å²) in [5.74, 6) is 0.713. The number of nitrogens with zero attached hydrogens (tertiary/aromatic N) is 2. The lowest BCUT2D eigenvalue weighted by Crippen LogP contribution is -2.48. The second kappa shape index (κ2) is 15.2. The molecule has 0 saturated heterocycles. The minimum Gasteiger partial charge on any atom is -0.497 e. The molecular formula is C28H41N3O6S. The molecule has 0 bridgehead atoms. The van der Waals surface area contributed by atoms with Crippen molar-refractivity contribution < 1.29 is 27.5 Å². The maximum absolute atomic E-state index is 13.4. The van der Waals surface area contributed by atoms with Gasteiger partial charge in [-0.2, -0.15) is 0 Å². The second-order valence-electron chi connectivity index (χ2n) is 9.03. The van der Waals surface area contributed by atoms with Gasteiger partial charge in [0.15, 0.2) is 0 Å². The molecule has 0 heterocycles. The fraction of sp³-hybridized carbons (Fsp3) is 0.500. The van der Waals surface area contributed by atoms with Crippen molar-refractivity contribution in [3.63, 3.8) is 0 Å². The first-order chi connectivity index (χ1) is 18.1. The highest BCUT2D eigenvalue weighted by molar-refractivity contribution is 7.92. The number of rotatable bonds is 16. The largest absolute Gasteiger partial charge is 0.497 e. The van der Waals surface area contributed by atoms with E-state index in [0.717, 1.165) is 24.7 Å². The number of para-hydroxylation sites is 2. The molecule has 0 aliphatic carbocycles. The standard InChI is InChI=1S/C28H41N3O6S/c1-6-8-19-29-28(33)22(3)30(21-23-15-17-24(36-4)18-16-23)27(32)14-11-20-31(38(5,34)35)25-12-9-10-13-26(25)37-7-2/h9-10,12-13,15-18,22H,6-8,11,14,19-21H2,1-5H3,(H,29,33)/t22-/m1/s1. The van der Waals surface area contributed by atoms with Crippen LogP contribution in [0.4, 0.5) is 5.69 Å². The maximum Gasteiger partial charge on any atom is 0.242 e. The Labute approximate surface area is 227 Å². The van der Waals surface area contributed by atoms with Crippen LogP contribution in [0.1, 0.15) is 52.0 Å². The predicted molar refractivity (Wildman–Crippen MR) is 150 cm³/mol. The van der Waals surface area contributed by atoms with Crippen molar-refractivity contribution in [2.45, 2.75) is 59.0 Å². The Morgan fingerprint density at radius 1 is 1.03 bits per heavy atom. The van der Waals surface area contributed by atoms with E-state index in [2.05, 4.69) is 5.32 Å². The Bertz CT molecular complexity index is 1140. The molecule has 2 rings (SSSR count). The van der Waals surface area contributed by atoms with Crippen molar-refractivity contribution in [1.82, 2.24) is 10.2 Å². The van der Waals surface area contributed by atoms with Crippen LogP contribution >= 0.6 is 0 Å². The Morgan fingerprint density at radius 2 is 1.71 bits per heavy atom. The summed E-state index contributed by atoms with van der Waals surface area (Å²) in [5, 5.41) is 2.90. The summed E-state index contributed by atoms with van der Waals surface area (Å²) in [5.41, 5.74) is 1.29. The van der Waals surface area contributed by atoms with Crippen LogP contribution in [0.2, 0.25) is 0 Å². The van der Waals surface area contributed by atoms with Crippen LogP contribution in [0.15, 0.2) is 48.5 Å². The number of ether oxygens (including phenoxy) is 2. The van der Waals surface area contributed by atoms with E-state index in [9.17, 15) is 18.0 Å². The van der Waals surface area contributed by atoms with Gasteiger partial charge >= 0.3 is 0 Å². The molecule has 2 aromatic carbocycles. The maximum atomic E-state index is 13.4. The zero-order valence-corrected chi connectivity index (χ0v) is 23.9. The van der Waals surface area contributed by atoms with Crippen molar-refractivity contribution in [3.8, 4) is 11.5 Å². The predicted octanol–water partition coefficient (Wildman–Crippen LogP) is 3.97. The first-order valence-corrected chi connectivity index (χ1v) is 14.9. The van der Waals surface area contributed by atoms with Crippen molar-refractivity contribution >= 4 is 27.5 Å². The van der Waals surface area contributed by atoms with E-state index >= 15 is 0 Å². The highest BCUT2D eigenvalue weighted by atomic mass is 32.2. The van der Waals surface area contributed by atoms with E-state index < -0.39 is 16.1 Å². The number of hydrogen-bond donors (Lipinski definition) is 1. The van der Waals surface area contributed by atoms with E-state index in [-0.39, 0.29) is 37.7 Å². The summed E-state index contributed by atoms with van der Waals surface area (Å²) in [6.45, 7) is 6.87. The lowest BCUT2D eigenvalue weighted by Gasteiger charge is -2.29. The molecule has 1 atom stereocenters. The minimum absolute atomic E-state index is 0.0750. The van der Waals surface area contributed by atoms with Crippen LogP contribution < -0.4 is 19.1 Å². The molecule has 2 amide bonds. The molecule has 1 N–H and O–H groups in total. The van der Waals surface area contributed by atoms with Crippen LogP contribution in [-0.2, 0) is 26.2 Å². The van der Waals surface area contributed by atoms with Gasteiger partial charge in [0.2, 0.25) is 21.8 Å². The highest BCUT2D eigenvalue weighted by Crippen LogP contribution is 2.30. The lowest BCUT2D eigenvalue weighted by atomic mass is 10.1. The Balaban J connectivity index is 2.19. The molecule has 0 aromatic heterocycles. The fourth-order valence-corrected chi connectivity index (χ4v) is 4.94. The van der Waals surface area contributed by atoms with Gasteiger partial charge in [-0.3, -0.25) is 13.9 Å². The number of amides is 2. The normalized spacial score (nSPS) is 11.9. The lowest BCUT2D eigenvalue weighted by molar-refractivity contribution is -0.140. The quantitative estimate of drug-likeness (QED) is 0.319. The molecule has 0 saturated carbocycles. The number of carbonyl (C=O) groups excluding carboxylic acids is 2. The number of nitrogens with one attached hydrogen (secondary N) is 1. The van der Waals surface area contributed by atoms with Gasteiger partial charge < -0.3 is 19.7 Å². The van der Waals surface area contributed by atoms with E-state index in [1.807, 2.05) is 38.1 Å². The van der Waals surface area contributed by atoms with Crippen LogP contribution in [0.3, 0.4) is 0 Å². The number of sulfonamides is 1. The van der Waals surface area contributed by atoms with Crippen molar-refractivity contribution in [2.75, 3.05) is 37.4 Å². The molecule has 9 nitrogen and oxygen atoms in total. The molecule has 38 heavy (non-hydrogen) atoms. The summed E-state index contributed by atoms with van der Waals surface area (Å²) in [4.78, 5) is 27.8. The molecule has 0 aliphatic heterocycles. The third-order valence-corrected chi connectivity index (χ3v) is 7.27. The Kier molecular flexibility index (Phi) is 12.4. The topological polar surface area (TPSA) is 105 Å². The van der Waals surface area contributed by atoms with Gasteiger partial charge in [0.1, 0.15) is 17.5 Å². The number of benzene rings is 2. The molecular weight excluding hydrogens is 506 g/mol. The highest BCUT2D eigenvalue weighted by Gasteiger charge is 2.27. The van der Waals surface area contributed by atoms with Gasteiger partial charge in [-0.25, -0.2) is 8.42 Å². The molecule has 0 fully saturated rings. The molecule has 0 aliphatic rings. The summed E-state index contributed by atoms with van der Waals surface area (Å²) in [6, 6.07) is 13.6. The molecule has 0 unspecified atom stereocenters. The Hall–Kier alpha value is -3.27. The number of hydrogen-bond acceptors (Lipinski definition) is 6. The number of unbranched alkanes of at least 4 members (excludes halogenated alkanes) is 1. The average molecular weight is 548 g/mol. The summed E-state index contributed by atoms with van der Waals surface area (Å²) < 4.78 is 37.4. The first-order valence-electron chi connectivity index (χ1n) is 13.0. The second-order valence-corrected chi connectivity index (χ2v) is 10.9. The van der Waals surface area contributed by atoms with Crippen molar-refractivity contribution in [2.24, 2.45) is 0 Å². The number of methoxy groups -OCH3 is 1. The Morgan fingerprint density at radius 3 is 2.32 bits per heavy atom.